The molecule has 0 radical (unpaired) electrons. The zero-order valence-corrected chi connectivity index (χ0v) is 6.53. The van der Waals surface area contributed by atoms with Crippen molar-refractivity contribution in [2.75, 3.05) is 0 Å². The minimum Gasteiger partial charge on any atom is -0.464 e. The lowest BCUT2D eigenvalue weighted by Gasteiger charge is -1.88. The molecule has 0 spiro atoms. The summed E-state index contributed by atoms with van der Waals surface area (Å²) in [4.78, 5) is 0. The normalized spacial score (nSPS) is 10.5. The van der Waals surface area contributed by atoms with E-state index in [1.807, 2.05) is 24.3 Å². The molecule has 0 N–H and O–H groups in total. The molecule has 1 nitrogen and oxygen atoms in total. The Morgan fingerprint density at radius 1 is 1.20 bits per heavy atom. The molecule has 0 amide bonds. The van der Waals surface area contributed by atoms with Crippen LogP contribution < -0.4 is 5.30 Å². The summed E-state index contributed by atoms with van der Waals surface area (Å²) < 4.78 is 5.19. The standard InChI is InChI=1S/C8H7OP/c10-7-2-1-6-3-4-9-8(6)5-7/h1-5H,10H2. The maximum atomic E-state index is 5.19. The van der Waals surface area contributed by atoms with Crippen molar-refractivity contribution in [2.24, 2.45) is 0 Å². The van der Waals surface area contributed by atoms with Crippen molar-refractivity contribution >= 4 is 25.5 Å². The molecule has 10 heavy (non-hydrogen) atoms. The molecule has 50 valence electrons. The van der Waals surface area contributed by atoms with Gasteiger partial charge in [0, 0.05) is 5.39 Å². The van der Waals surface area contributed by atoms with Crippen molar-refractivity contribution in [2.45, 2.75) is 0 Å². The van der Waals surface area contributed by atoms with E-state index < -0.39 is 0 Å². The van der Waals surface area contributed by atoms with Crippen LogP contribution in [0.4, 0.5) is 0 Å². The molecule has 1 unspecified atom stereocenters. The van der Waals surface area contributed by atoms with E-state index in [2.05, 4.69) is 9.24 Å². The van der Waals surface area contributed by atoms with Gasteiger partial charge in [-0.3, -0.25) is 0 Å². The van der Waals surface area contributed by atoms with Crippen LogP contribution in [0.25, 0.3) is 11.0 Å². The van der Waals surface area contributed by atoms with Gasteiger partial charge in [0.1, 0.15) is 5.58 Å². The second kappa shape index (κ2) is 2.10. The van der Waals surface area contributed by atoms with Crippen LogP contribution in [0.2, 0.25) is 0 Å². The average Bonchev–Trinajstić information content (AvgIpc) is 2.33. The first-order valence-electron chi connectivity index (χ1n) is 3.09. The fourth-order valence-corrected chi connectivity index (χ4v) is 1.22. The number of fused-ring (bicyclic) bond motifs is 1. The van der Waals surface area contributed by atoms with E-state index in [-0.39, 0.29) is 0 Å². The monoisotopic (exact) mass is 150 g/mol. The fourth-order valence-electron chi connectivity index (χ4n) is 0.971. The largest absolute Gasteiger partial charge is 0.464 e. The molecular formula is C8H7OP. The highest BCUT2D eigenvalue weighted by molar-refractivity contribution is 7.27. The van der Waals surface area contributed by atoms with Crippen LogP contribution in [0.3, 0.4) is 0 Å². The second-order valence-electron chi connectivity index (χ2n) is 2.22. The Bertz CT molecular complexity index is 351. The average molecular weight is 150 g/mol. The summed E-state index contributed by atoms with van der Waals surface area (Å²) in [5.41, 5.74) is 0.951. The molecule has 1 atom stereocenters. The smallest absolute Gasteiger partial charge is 0.134 e. The first kappa shape index (κ1) is 5.94. The highest BCUT2D eigenvalue weighted by atomic mass is 31.0. The van der Waals surface area contributed by atoms with Crippen LogP contribution in [-0.2, 0) is 0 Å². The van der Waals surface area contributed by atoms with Crippen LogP contribution in [0.5, 0.6) is 0 Å². The third-order valence-corrected chi connectivity index (χ3v) is 1.84. The van der Waals surface area contributed by atoms with Crippen LogP contribution in [0.1, 0.15) is 0 Å². The molecule has 1 aromatic heterocycles. The van der Waals surface area contributed by atoms with Gasteiger partial charge < -0.3 is 4.42 Å². The maximum Gasteiger partial charge on any atom is 0.134 e. The van der Waals surface area contributed by atoms with Gasteiger partial charge in [-0.15, -0.1) is 9.24 Å². The minimum atomic E-state index is 0.951. The third-order valence-electron chi connectivity index (χ3n) is 1.48. The number of hydrogen-bond donors (Lipinski definition) is 0. The highest BCUT2D eigenvalue weighted by Crippen LogP contribution is 2.13. The van der Waals surface area contributed by atoms with Crippen molar-refractivity contribution in [3.63, 3.8) is 0 Å². The summed E-state index contributed by atoms with van der Waals surface area (Å²) >= 11 is 0. The van der Waals surface area contributed by atoms with Gasteiger partial charge in [0.2, 0.25) is 0 Å². The van der Waals surface area contributed by atoms with Gasteiger partial charge in [0.25, 0.3) is 0 Å². The van der Waals surface area contributed by atoms with Crippen molar-refractivity contribution in [1.82, 2.24) is 0 Å². The first-order valence-corrected chi connectivity index (χ1v) is 3.67. The van der Waals surface area contributed by atoms with Crippen molar-refractivity contribution in [3.05, 3.63) is 30.5 Å². The molecule has 0 aliphatic rings. The van der Waals surface area contributed by atoms with E-state index in [0.29, 0.717) is 0 Å². The quantitative estimate of drug-likeness (QED) is 0.523. The van der Waals surface area contributed by atoms with Crippen LogP contribution >= 0.6 is 9.24 Å². The number of rotatable bonds is 0. The number of benzene rings is 1. The van der Waals surface area contributed by atoms with Crippen molar-refractivity contribution in [1.29, 1.82) is 0 Å². The van der Waals surface area contributed by atoms with Gasteiger partial charge in [-0.05, 0) is 17.4 Å². The van der Waals surface area contributed by atoms with E-state index in [0.717, 1.165) is 16.3 Å². The molecule has 1 aromatic carbocycles. The lowest BCUT2D eigenvalue weighted by atomic mass is 10.3. The van der Waals surface area contributed by atoms with Gasteiger partial charge in [-0.1, -0.05) is 12.1 Å². The zero-order valence-electron chi connectivity index (χ0n) is 5.37. The molecule has 0 aliphatic heterocycles. The third kappa shape index (κ3) is 0.833. The minimum absolute atomic E-state index is 0.951. The molecular weight excluding hydrogens is 143 g/mol. The van der Waals surface area contributed by atoms with Crippen molar-refractivity contribution in [3.8, 4) is 0 Å². The Morgan fingerprint density at radius 3 is 3.00 bits per heavy atom. The Morgan fingerprint density at radius 2 is 2.10 bits per heavy atom. The van der Waals surface area contributed by atoms with Crippen LogP contribution in [-0.4, -0.2) is 0 Å². The lowest BCUT2D eigenvalue weighted by Crippen LogP contribution is -1.84. The summed E-state index contributed by atoms with van der Waals surface area (Å²) in [6.07, 6.45) is 1.70. The number of furan rings is 1. The van der Waals surface area contributed by atoms with Gasteiger partial charge in [-0.2, -0.15) is 0 Å². The number of hydrogen-bond acceptors (Lipinski definition) is 1. The van der Waals surface area contributed by atoms with E-state index in [1.165, 1.54) is 0 Å². The predicted molar refractivity (Wildman–Crippen MR) is 45.6 cm³/mol. The van der Waals surface area contributed by atoms with E-state index >= 15 is 0 Å². The Balaban J connectivity index is 2.86. The zero-order chi connectivity index (χ0) is 6.97. The molecule has 0 fully saturated rings. The topological polar surface area (TPSA) is 13.1 Å². The first-order chi connectivity index (χ1) is 4.86. The molecule has 0 aliphatic carbocycles. The Kier molecular flexibility index (Phi) is 1.25. The summed E-state index contributed by atoms with van der Waals surface area (Å²) in [6.45, 7) is 0. The molecule has 0 bridgehead atoms. The Labute approximate surface area is 61.2 Å². The second-order valence-corrected chi connectivity index (χ2v) is 2.88. The summed E-state index contributed by atoms with van der Waals surface area (Å²) in [6, 6.07) is 8.04. The van der Waals surface area contributed by atoms with Gasteiger partial charge >= 0.3 is 0 Å². The van der Waals surface area contributed by atoms with Crippen LogP contribution in [0.15, 0.2) is 34.9 Å². The van der Waals surface area contributed by atoms with Gasteiger partial charge in [0.15, 0.2) is 0 Å². The van der Waals surface area contributed by atoms with Crippen molar-refractivity contribution < 1.29 is 4.42 Å². The SMILES string of the molecule is Pc1ccc2ccoc2c1. The van der Waals surface area contributed by atoms with E-state index in [9.17, 15) is 0 Å². The molecule has 2 aromatic rings. The maximum absolute atomic E-state index is 5.19. The Hall–Kier alpha value is -0.810. The predicted octanol–water partition coefficient (Wildman–Crippen LogP) is 1.93. The summed E-state index contributed by atoms with van der Waals surface area (Å²) in [5.74, 6) is 0. The van der Waals surface area contributed by atoms with Gasteiger partial charge in [0.05, 0.1) is 6.26 Å². The molecule has 1 heterocycles. The molecule has 0 saturated heterocycles. The molecule has 0 saturated carbocycles. The van der Waals surface area contributed by atoms with Crippen LogP contribution in [0, 0.1) is 0 Å². The highest BCUT2D eigenvalue weighted by Gasteiger charge is 1.93. The molecule has 2 rings (SSSR count). The van der Waals surface area contributed by atoms with Gasteiger partial charge in [-0.25, -0.2) is 0 Å². The lowest BCUT2D eigenvalue weighted by molar-refractivity contribution is 0.616. The van der Waals surface area contributed by atoms with E-state index in [1.54, 1.807) is 6.26 Å². The molecule has 2 heteroatoms. The fraction of sp³-hybridized carbons (Fsp3) is 0. The summed E-state index contributed by atoms with van der Waals surface area (Å²) in [7, 11) is 2.64. The summed E-state index contributed by atoms with van der Waals surface area (Å²) in [5, 5.41) is 2.31. The van der Waals surface area contributed by atoms with E-state index in [4.69, 9.17) is 4.42 Å².